The van der Waals surface area contributed by atoms with Gasteiger partial charge < -0.3 is 13.4 Å². The minimum absolute atomic E-state index is 0.0416. The van der Waals surface area contributed by atoms with Crippen LogP contribution in [0.1, 0.15) is 34.8 Å². The van der Waals surface area contributed by atoms with E-state index in [4.69, 9.17) is 13.4 Å². The highest BCUT2D eigenvalue weighted by atomic mass is 16.5. The SMILES string of the molecule is Cc1nnc(C2Cc3ccccc3CN2Cc2nc(-c3ccco3)no2)o1. The largest absolute Gasteiger partial charge is 0.461 e. The van der Waals surface area contributed by atoms with Crippen LogP contribution in [0.5, 0.6) is 0 Å². The number of benzene rings is 1. The van der Waals surface area contributed by atoms with Gasteiger partial charge in [0.15, 0.2) is 5.76 Å². The molecule has 1 atom stereocenters. The van der Waals surface area contributed by atoms with Gasteiger partial charge in [-0.15, -0.1) is 10.2 Å². The van der Waals surface area contributed by atoms with E-state index in [-0.39, 0.29) is 6.04 Å². The maximum absolute atomic E-state index is 5.72. The molecule has 1 aliphatic heterocycles. The number of aromatic nitrogens is 4. The second-order valence-electron chi connectivity index (χ2n) is 6.54. The molecular weight excluding hydrogens is 346 g/mol. The van der Waals surface area contributed by atoms with E-state index in [1.54, 1.807) is 25.3 Å². The standard InChI is InChI=1S/C19H17N5O3/c1-12-21-22-19(26-12)15-9-13-5-2-3-6-14(13)10-24(15)11-17-20-18(23-27-17)16-7-4-8-25-16/h2-8,15H,9-11H2,1H3. The molecule has 3 aromatic heterocycles. The maximum atomic E-state index is 5.72. The second kappa shape index (κ2) is 6.48. The highest BCUT2D eigenvalue weighted by Gasteiger charge is 2.32. The number of furan rings is 1. The van der Waals surface area contributed by atoms with Crippen LogP contribution >= 0.6 is 0 Å². The molecule has 0 saturated carbocycles. The van der Waals surface area contributed by atoms with Crippen LogP contribution in [0.4, 0.5) is 0 Å². The number of nitrogens with zero attached hydrogens (tertiary/aromatic N) is 5. The van der Waals surface area contributed by atoms with Gasteiger partial charge in [0.1, 0.15) is 0 Å². The molecule has 8 heteroatoms. The van der Waals surface area contributed by atoms with Gasteiger partial charge in [-0.25, -0.2) is 0 Å². The Morgan fingerprint density at radius 2 is 2.00 bits per heavy atom. The lowest BCUT2D eigenvalue weighted by molar-refractivity contribution is 0.121. The van der Waals surface area contributed by atoms with Crippen LogP contribution in [-0.2, 0) is 19.5 Å². The molecule has 27 heavy (non-hydrogen) atoms. The highest BCUT2D eigenvalue weighted by molar-refractivity contribution is 5.44. The third-order valence-corrected chi connectivity index (χ3v) is 4.72. The van der Waals surface area contributed by atoms with E-state index in [2.05, 4.69) is 49.5 Å². The van der Waals surface area contributed by atoms with Crippen molar-refractivity contribution < 1.29 is 13.4 Å². The third-order valence-electron chi connectivity index (χ3n) is 4.72. The van der Waals surface area contributed by atoms with Crippen molar-refractivity contribution in [3.8, 4) is 11.6 Å². The Labute approximate surface area is 154 Å². The summed E-state index contributed by atoms with van der Waals surface area (Å²) in [5.74, 6) is 2.70. The monoisotopic (exact) mass is 363 g/mol. The first-order chi connectivity index (χ1) is 13.3. The molecule has 0 bridgehead atoms. The molecule has 1 unspecified atom stereocenters. The predicted molar refractivity (Wildman–Crippen MR) is 93.2 cm³/mol. The molecule has 4 heterocycles. The first-order valence-electron chi connectivity index (χ1n) is 8.73. The van der Waals surface area contributed by atoms with Crippen molar-refractivity contribution in [1.82, 2.24) is 25.2 Å². The van der Waals surface area contributed by atoms with Gasteiger partial charge in [-0.05, 0) is 29.7 Å². The van der Waals surface area contributed by atoms with Gasteiger partial charge in [-0.3, -0.25) is 4.90 Å². The molecule has 5 rings (SSSR count). The Bertz CT molecular complexity index is 1050. The molecule has 0 amide bonds. The lowest BCUT2D eigenvalue weighted by atomic mass is 9.94. The minimum Gasteiger partial charge on any atom is -0.461 e. The Morgan fingerprint density at radius 3 is 2.78 bits per heavy atom. The van der Waals surface area contributed by atoms with Crippen LogP contribution < -0.4 is 0 Å². The molecular formula is C19H17N5O3. The van der Waals surface area contributed by atoms with Crippen molar-refractivity contribution in [2.75, 3.05) is 0 Å². The summed E-state index contributed by atoms with van der Waals surface area (Å²) in [7, 11) is 0. The zero-order valence-electron chi connectivity index (χ0n) is 14.7. The molecule has 0 fully saturated rings. The Hall–Kier alpha value is -3.26. The van der Waals surface area contributed by atoms with E-state index >= 15 is 0 Å². The van der Waals surface area contributed by atoms with E-state index < -0.39 is 0 Å². The maximum Gasteiger partial charge on any atom is 0.241 e. The summed E-state index contributed by atoms with van der Waals surface area (Å²) in [6.07, 6.45) is 2.37. The summed E-state index contributed by atoms with van der Waals surface area (Å²) in [6, 6.07) is 11.9. The van der Waals surface area contributed by atoms with E-state index in [0.717, 1.165) is 13.0 Å². The lowest BCUT2D eigenvalue weighted by Crippen LogP contribution is -2.34. The van der Waals surface area contributed by atoms with Crippen LogP contribution in [0.2, 0.25) is 0 Å². The van der Waals surface area contributed by atoms with Crippen molar-refractivity contribution in [2.45, 2.75) is 32.5 Å². The molecule has 4 aromatic rings. The molecule has 136 valence electrons. The van der Waals surface area contributed by atoms with Crippen molar-refractivity contribution in [1.29, 1.82) is 0 Å². The molecule has 0 N–H and O–H groups in total. The summed E-state index contributed by atoms with van der Waals surface area (Å²) in [5, 5.41) is 12.2. The topological polar surface area (TPSA) is 94.2 Å². The Balaban J connectivity index is 1.45. The van der Waals surface area contributed by atoms with E-state index in [1.807, 2.05) is 0 Å². The lowest BCUT2D eigenvalue weighted by Gasteiger charge is -2.33. The molecule has 0 spiro atoms. The van der Waals surface area contributed by atoms with E-state index in [0.29, 0.717) is 35.8 Å². The van der Waals surface area contributed by atoms with Gasteiger partial charge in [0.25, 0.3) is 0 Å². The molecule has 1 aliphatic rings. The van der Waals surface area contributed by atoms with E-state index in [1.165, 1.54) is 11.1 Å². The Kier molecular flexibility index (Phi) is 3.83. The molecule has 0 radical (unpaired) electrons. The number of hydrogen-bond donors (Lipinski definition) is 0. The van der Waals surface area contributed by atoms with Gasteiger partial charge in [0.2, 0.25) is 23.5 Å². The molecule has 8 nitrogen and oxygen atoms in total. The molecule has 0 saturated heterocycles. The third kappa shape index (κ3) is 3.04. The summed E-state index contributed by atoms with van der Waals surface area (Å²) in [6.45, 7) is 3.01. The zero-order chi connectivity index (χ0) is 18.2. The molecule has 0 aliphatic carbocycles. The average Bonchev–Trinajstić information content (AvgIpc) is 3.42. The summed E-state index contributed by atoms with van der Waals surface area (Å²) < 4.78 is 16.5. The average molecular weight is 363 g/mol. The number of aryl methyl sites for hydroxylation is 1. The number of rotatable bonds is 4. The van der Waals surface area contributed by atoms with Crippen LogP contribution in [0, 0.1) is 6.92 Å². The fraction of sp³-hybridized carbons (Fsp3) is 0.263. The van der Waals surface area contributed by atoms with Gasteiger partial charge in [0.05, 0.1) is 18.8 Å². The molecule has 1 aromatic carbocycles. The van der Waals surface area contributed by atoms with Crippen molar-refractivity contribution in [2.24, 2.45) is 0 Å². The minimum atomic E-state index is -0.0416. The first kappa shape index (κ1) is 16.0. The van der Waals surface area contributed by atoms with Crippen LogP contribution in [0.15, 0.2) is 56.0 Å². The van der Waals surface area contributed by atoms with Crippen molar-refractivity contribution in [3.63, 3.8) is 0 Å². The van der Waals surface area contributed by atoms with Gasteiger partial charge in [0, 0.05) is 13.5 Å². The zero-order valence-corrected chi connectivity index (χ0v) is 14.7. The Morgan fingerprint density at radius 1 is 1.11 bits per heavy atom. The van der Waals surface area contributed by atoms with Crippen LogP contribution in [0.25, 0.3) is 11.6 Å². The smallest absolute Gasteiger partial charge is 0.241 e. The highest BCUT2D eigenvalue weighted by Crippen LogP contribution is 2.33. The van der Waals surface area contributed by atoms with Gasteiger partial charge in [-0.2, -0.15) is 4.98 Å². The fourth-order valence-electron chi connectivity index (χ4n) is 3.43. The van der Waals surface area contributed by atoms with E-state index in [9.17, 15) is 0 Å². The van der Waals surface area contributed by atoms with Crippen molar-refractivity contribution >= 4 is 0 Å². The van der Waals surface area contributed by atoms with Crippen LogP contribution in [0.3, 0.4) is 0 Å². The fourth-order valence-corrected chi connectivity index (χ4v) is 3.43. The van der Waals surface area contributed by atoms with Gasteiger partial charge >= 0.3 is 0 Å². The predicted octanol–water partition coefficient (Wildman–Crippen LogP) is 3.32. The number of hydrogen-bond acceptors (Lipinski definition) is 8. The second-order valence-corrected chi connectivity index (χ2v) is 6.54. The summed E-state index contributed by atoms with van der Waals surface area (Å²) >= 11 is 0. The van der Waals surface area contributed by atoms with Gasteiger partial charge in [-0.1, -0.05) is 29.4 Å². The first-order valence-corrected chi connectivity index (χ1v) is 8.73. The normalized spacial score (nSPS) is 17.1. The quantitative estimate of drug-likeness (QED) is 0.545. The summed E-state index contributed by atoms with van der Waals surface area (Å²) in [5.41, 5.74) is 2.56. The van der Waals surface area contributed by atoms with Crippen LogP contribution in [-0.4, -0.2) is 25.2 Å². The van der Waals surface area contributed by atoms with Crippen molar-refractivity contribution in [3.05, 3.63) is 71.5 Å². The number of fused-ring (bicyclic) bond motifs is 1. The summed E-state index contributed by atoms with van der Waals surface area (Å²) in [4.78, 5) is 6.67.